The molecule has 1 heterocycles. The molecule has 2 rings (SSSR count). The van der Waals surface area contributed by atoms with E-state index in [0.717, 1.165) is 12.5 Å². The number of nitrogens with one attached hydrogen (secondary N) is 1. The molecule has 19 heavy (non-hydrogen) atoms. The van der Waals surface area contributed by atoms with Crippen molar-refractivity contribution in [2.24, 2.45) is 5.92 Å². The summed E-state index contributed by atoms with van der Waals surface area (Å²) in [5, 5.41) is 6.96. The molecule has 0 radical (unpaired) electrons. The van der Waals surface area contributed by atoms with Crippen LogP contribution in [0, 0.1) is 5.92 Å². The zero-order valence-electron chi connectivity index (χ0n) is 11.1. The Morgan fingerprint density at radius 2 is 2.11 bits per heavy atom. The summed E-state index contributed by atoms with van der Waals surface area (Å²) in [6.07, 6.45) is 1.95. The molecule has 3 nitrogen and oxygen atoms in total. The molecule has 0 saturated heterocycles. The van der Waals surface area contributed by atoms with Gasteiger partial charge >= 0.3 is 6.18 Å². The van der Waals surface area contributed by atoms with Crippen LogP contribution < -0.4 is 5.32 Å². The van der Waals surface area contributed by atoms with Crippen LogP contribution in [-0.2, 0) is 12.7 Å². The summed E-state index contributed by atoms with van der Waals surface area (Å²) in [5.74, 6) is 0.650. The summed E-state index contributed by atoms with van der Waals surface area (Å²) in [5.41, 5.74) is -0.821. The van der Waals surface area contributed by atoms with Gasteiger partial charge in [-0.15, -0.1) is 0 Å². The number of aromatic nitrogens is 2. The summed E-state index contributed by atoms with van der Waals surface area (Å²) in [6, 6.07) is 1.51. The minimum absolute atomic E-state index is 0.472. The Labute approximate surface area is 111 Å². The minimum atomic E-state index is -4.35. The van der Waals surface area contributed by atoms with Gasteiger partial charge in [0.2, 0.25) is 0 Å². The first-order valence-electron chi connectivity index (χ1n) is 6.81. The van der Waals surface area contributed by atoms with Crippen LogP contribution in [0.3, 0.4) is 0 Å². The number of hydrogen-bond acceptors (Lipinski definition) is 2. The van der Waals surface area contributed by atoms with Crippen LogP contribution in [0.25, 0.3) is 0 Å². The highest BCUT2D eigenvalue weighted by Gasteiger charge is 2.33. The standard InChI is InChI=1S/C13H20F3N3/c1-10-4-2-3-5-11(10)17-7-9-19-8-6-12(18-19)13(14,15)16/h6,8,10-11,17H,2-5,7,9H2,1H3. The molecule has 1 N–H and O–H groups in total. The average molecular weight is 275 g/mol. The molecule has 0 amide bonds. The lowest BCUT2D eigenvalue weighted by Gasteiger charge is -2.29. The van der Waals surface area contributed by atoms with Gasteiger partial charge in [0.25, 0.3) is 0 Å². The van der Waals surface area contributed by atoms with Crippen LogP contribution >= 0.6 is 0 Å². The lowest BCUT2D eigenvalue weighted by molar-refractivity contribution is -0.141. The second kappa shape index (κ2) is 5.94. The molecule has 0 spiro atoms. The highest BCUT2D eigenvalue weighted by atomic mass is 19.4. The van der Waals surface area contributed by atoms with E-state index >= 15 is 0 Å². The molecule has 1 fully saturated rings. The lowest BCUT2D eigenvalue weighted by atomic mass is 9.86. The van der Waals surface area contributed by atoms with Gasteiger partial charge < -0.3 is 5.32 Å². The number of rotatable bonds is 4. The van der Waals surface area contributed by atoms with Gasteiger partial charge in [0.1, 0.15) is 0 Å². The van der Waals surface area contributed by atoms with Crippen molar-refractivity contribution in [1.29, 1.82) is 0 Å². The van der Waals surface area contributed by atoms with Crippen LogP contribution in [0.5, 0.6) is 0 Å². The summed E-state index contributed by atoms with van der Waals surface area (Å²) < 4.78 is 38.5. The Bertz CT molecular complexity index is 400. The number of alkyl halides is 3. The van der Waals surface area contributed by atoms with Crippen LogP contribution in [0.2, 0.25) is 0 Å². The van der Waals surface area contributed by atoms with E-state index in [1.165, 1.54) is 30.1 Å². The SMILES string of the molecule is CC1CCCCC1NCCn1ccc(C(F)(F)F)n1. The number of nitrogens with zero attached hydrogens (tertiary/aromatic N) is 2. The van der Waals surface area contributed by atoms with Crippen LogP contribution in [0.1, 0.15) is 38.3 Å². The van der Waals surface area contributed by atoms with Crippen molar-refractivity contribution in [3.05, 3.63) is 18.0 Å². The van der Waals surface area contributed by atoms with Gasteiger partial charge in [0.15, 0.2) is 5.69 Å². The van der Waals surface area contributed by atoms with Gasteiger partial charge in [-0.25, -0.2) is 0 Å². The molecular weight excluding hydrogens is 255 g/mol. The van der Waals surface area contributed by atoms with Gasteiger partial charge in [-0.3, -0.25) is 4.68 Å². The third kappa shape index (κ3) is 3.96. The van der Waals surface area contributed by atoms with E-state index in [-0.39, 0.29) is 0 Å². The summed E-state index contributed by atoms with van der Waals surface area (Å²) in [4.78, 5) is 0. The quantitative estimate of drug-likeness (QED) is 0.915. The summed E-state index contributed by atoms with van der Waals surface area (Å²) in [6.45, 7) is 3.36. The Morgan fingerprint density at radius 1 is 1.37 bits per heavy atom. The fourth-order valence-electron chi connectivity index (χ4n) is 2.62. The first-order chi connectivity index (χ1) is 8.97. The van der Waals surface area contributed by atoms with Gasteiger partial charge in [-0.05, 0) is 24.8 Å². The molecule has 1 aromatic rings. The molecule has 1 aromatic heterocycles. The highest BCUT2D eigenvalue weighted by molar-refractivity contribution is 5.03. The fraction of sp³-hybridized carbons (Fsp3) is 0.769. The fourth-order valence-corrected chi connectivity index (χ4v) is 2.62. The molecule has 1 aliphatic rings. The molecule has 1 aliphatic carbocycles. The van der Waals surface area contributed by atoms with Crippen LogP contribution in [0.15, 0.2) is 12.3 Å². The highest BCUT2D eigenvalue weighted by Crippen LogP contribution is 2.27. The second-order valence-electron chi connectivity index (χ2n) is 5.28. The van der Waals surface area contributed by atoms with Crippen molar-refractivity contribution in [2.75, 3.05) is 6.54 Å². The van der Waals surface area contributed by atoms with E-state index in [2.05, 4.69) is 17.3 Å². The Kier molecular flexibility index (Phi) is 4.50. The van der Waals surface area contributed by atoms with Crippen molar-refractivity contribution in [3.8, 4) is 0 Å². The lowest BCUT2D eigenvalue weighted by Crippen LogP contribution is -2.38. The Balaban J connectivity index is 1.78. The molecule has 0 aliphatic heterocycles. The predicted octanol–water partition coefficient (Wildman–Crippen LogP) is 3.07. The monoisotopic (exact) mass is 275 g/mol. The Morgan fingerprint density at radius 3 is 2.74 bits per heavy atom. The predicted molar refractivity (Wildman–Crippen MR) is 66.7 cm³/mol. The third-order valence-electron chi connectivity index (χ3n) is 3.79. The molecule has 1 saturated carbocycles. The van der Waals surface area contributed by atoms with Crippen LogP contribution in [0.4, 0.5) is 13.2 Å². The summed E-state index contributed by atoms with van der Waals surface area (Å²) in [7, 11) is 0. The maximum Gasteiger partial charge on any atom is 0.435 e. The smallest absolute Gasteiger partial charge is 0.312 e. The molecule has 0 bridgehead atoms. The third-order valence-corrected chi connectivity index (χ3v) is 3.79. The van der Waals surface area contributed by atoms with E-state index in [0.29, 0.717) is 25.0 Å². The topological polar surface area (TPSA) is 29.9 Å². The van der Waals surface area contributed by atoms with E-state index < -0.39 is 11.9 Å². The second-order valence-corrected chi connectivity index (χ2v) is 5.28. The molecule has 6 heteroatoms. The first-order valence-corrected chi connectivity index (χ1v) is 6.81. The molecule has 108 valence electrons. The van der Waals surface area contributed by atoms with Gasteiger partial charge in [-0.2, -0.15) is 18.3 Å². The maximum absolute atomic E-state index is 12.4. The maximum atomic E-state index is 12.4. The molecule has 0 aromatic carbocycles. The number of halogens is 3. The van der Waals surface area contributed by atoms with Gasteiger partial charge in [-0.1, -0.05) is 19.8 Å². The van der Waals surface area contributed by atoms with Gasteiger partial charge in [0, 0.05) is 18.8 Å². The van der Waals surface area contributed by atoms with Crippen molar-refractivity contribution in [3.63, 3.8) is 0 Å². The van der Waals surface area contributed by atoms with Crippen molar-refractivity contribution in [1.82, 2.24) is 15.1 Å². The molecule has 2 unspecified atom stereocenters. The van der Waals surface area contributed by atoms with Crippen LogP contribution in [-0.4, -0.2) is 22.4 Å². The minimum Gasteiger partial charge on any atom is -0.312 e. The van der Waals surface area contributed by atoms with Gasteiger partial charge in [0.05, 0.1) is 6.54 Å². The van der Waals surface area contributed by atoms with E-state index in [1.807, 2.05) is 0 Å². The first kappa shape index (κ1) is 14.4. The average Bonchev–Trinajstić information content (AvgIpc) is 2.80. The molecular formula is C13H20F3N3. The zero-order valence-corrected chi connectivity index (χ0v) is 11.1. The largest absolute Gasteiger partial charge is 0.435 e. The van der Waals surface area contributed by atoms with E-state index in [1.54, 1.807) is 0 Å². The Hall–Kier alpha value is -1.04. The number of hydrogen-bond donors (Lipinski definition) is 1. The van der Waals surface area contributed by atoms with Crippen molar-refractivity contribution < 1.29 is 13.2 Å². The molecule has 2 atom stereocenters. The van der Waals surface area contributed by atoms with E-state index in [4.69, 9.17) is 0 Å². The normalized spacial score (nSPS) is 24.6. The summed E-state index contributed by atoms with van der Waals surface area (Å²) >= 11 is 0. The zero-order chi connectivity index (χ0) is 13.9. The van der Waals surface area contributed by atoms with Crippen molar-refractivity contribution >= 4 is 0 Å². The van der Waals surface area contributed by atoms with Crippen molar-refractivity contribution in [2.45, 2.75) is 51.4 Å². The van der Waals surface area contributed by atoms with E-state index in [9.17, 15) is 13.2 Å².